The van der Waals surface area contributed by atoms with Crippen molar-refractivity contribution in [1.82, 2.24) is 19.6 Å². The molecule has 1 aromatic carbocycles. The lowest BCUT2D eigenvalue weighted by atomic mass is 10.1. The summed E-state index contributed by atoms with van der Waals surface area (Å²) in [4.78, 5) is 18.1. The Bertz CT molecular complexity index is 1060. The van der Waals surface area contributed by atoms with E-state index in [0.29, 0.717) is 30.1 Å². The van der Waals surface area contributed by atoms with Gasteiger partial charge in [-0.05, 0) is 50.7 Å². The number of nitro benzene ring substituents is 1. The van der Waals surface area contributed by atoms with Crippen molar-refractivity contribution in [2.24, 2.45) is 0 Å². The van der Waals surface area contributed by atoms with Crippen LogP contribution in [0.25, 0.3) is 16.9 Å². The molecule has 8 nitrogen and oxygen atoms in total. The number of pyridine rings is 1. The number of nitro groups is 1. The Hall–Kier alpha value is -3.04. The van der Waals surface area contributed by atoms with E-state index in [1.807, 2.05) is 0 Å². The van der Waals surface area contributed by atoms with Gasteiger partial charge < -0.3 is 10.1 Å². The number of hydrogen-bond acceptors (Lipinski definition) is 6. The molecule has 0 amide bonds. The fourth-order valence-corrected chi connectivity index (χ4v) is 3.81. The first kappa shape index (κ1) is 20.2. The Kier molecular flexibility index (Phi) is 5.91. The van der Waals surface area contributed by atoms with Gasteiger partial charge in [0.25, 0.3) is 0 Å². The zero-order chi connectivity index (χ0) is 21.1. The minimum atomic E-state index is -0.454. The molecule has 158 valence electrons. The Balaban J connectivity index is 1.81. The minimum absolute atomic E-state index is 0.109. The van der Waals surface area contributed by atoms with E-state index in [4.69, 9.17) is 4.74 Å². The van der Waals surface area contributed by atoms with Gasteiger partial charge >= 0.3 is 5.69 Å². The Morgan fingerprint density at radius 3 is 2.93 bits per heavy atom. The van der Waals surface area contributed by atoms with Crippen molar-refractivity contribution in [2.45, 2.75) is 19.9 Å². The first-order valence-electron chi connectivity index (χ1n) is 10.1. The van der Waals surface area contributed by atoms with Crippen LogP contribution in [0.3, 0.4) is 0 Å². The topological polar surface area (TPSA) is 84.9 Å². The minimum Gasteiger partial charge on any atom is -0.487 e. The van der Waals surface area contributed by atoms with Gasteiger partial charge in [0, 0.05) is 37.5 Å². The van der Waals surface area contributed by atoms with Crippen LogP contribution in [-0.2, 0) is 6.54 Å². The Morgan fingerprint density at radius 2 is 2.13 bits per heavy atom. The number of imidazole rings is 1. The molecule has 1 aliphatic rings. The predicted molar refractivity (Wildman–Crippen MR) is 111 cm³/mol. The molecule has 1 N–H and O–H groups in total. The molecule has 0 aliphatic carbocycles. The average Bonchev–Trinajstić information content (AvgIpc) is 2.89. The van der Waals surface area contributed by atoms with Gasteiger partial charge in [-0.15, -0.1) is 0 Å². The Morgan fingerprint density at radius 1 is 1.27 bits per heavy atom. The second-order valence-electron chi connectivity index (χ2n) is 7.23. The quantitative estimate of drug-likeness (QED) is 0.493. The molecular weight excluding hydrogens is 389 g/mol. The van der Waals surface area contributed by atoms with Gasteiger partial charge in [0.2, 0.25) is 0 Å². The number of nitrogens with one attached hydrogen (secondary N) is 1. The maximum atomic E-state index is 14.0. The van der Waals surface area contributed by atoms with E-state index < -0.39 is 4.92 Å². The number of aromatic nitrogens is 2. The zero-order valence-corrected chi connectivity index (χ0v) is 16.8. The van der Waals surface area contributed by atoms with Gasteiger partial charge in [-0.3, -0.25) is 19.4 Å². The molecule has 2 aromatic heterocycles. The molecule has 0 radical (unpaired) electrons. The highest BCUT2D eigenvalue weighted by Crippen LogP contribution is 2.34. The second-order valence-corrected chi connectivity index (χ2v) is 7.23. The van der Waals surface area contributed by atoms with Gasteiger partial charge in [0.1, 0.15) is 11.5 Å². The van der Waals surface area contributed by atoms with Gasteiger partial charge in [-0.1, -0.05) is 0 Å². The first-order valence-corrected chi connectivity index (χ1v) is 10.1. The molecular formula is C21H24FN5O3. The summed E-state index contributed by atoms with van der Waals surface area (Å²) in [7, 11) is 0. The summed E-state index contributed by atoms with van der Waals surface area (Å²) in [5, 5.41) is 14.9. The van der Waals surface area contributed by atoms with Crippen LogP contribution >= 0.6 is 0 Å². The lowest BCUT2D eigenvalue weighted by molar-refractivity contribution is -0.385. The third-order valence-corrected chi connectivity index (χ3v) is 5.22. The number of nitrogens with zero attached hydrogens (tertiary/aromatic N) is 4. The molecule has 30 heavy (non-hydrogen) atoms. The highest BCUT2D eigenvalue weighted by atomic mass is 19.1. The van der Waals surface area contributed by atoms with Crippen molar-refractivity contribution in [3.05, 3.63) is 58.2 Å². The molecule has 0 bridgehead atoms. The summed E-state index contributed by atoms with van der Waals surface area (Å²) >= 11 is 0. The van der Waals surface area contributed by atoms with Crippen LogP contribution in [0.4, 0.5) is 10.1 Å². The largest absolute Gasteiger partial charge is 0.487 e. The zero-order valence-electron chi connectivity index (χ0n) is 16.8. The summed E-state index contributed by atoms with van der Waals surface area (Å²) in [6, 6.07) is 7.84. The van der Waals surface area contributed by atoms with E-state index in [-0.39, 0.29) is 17.3 Å². The molecule has 1 saturated heterocycles. The summed E-state index contributed by atoms with van der Waals surface area (Å²) in [6.07, 6.45) is 2.44. The Labute approximate surface area is 173 Å². The first-order chi connectivity index (χ1) is 14.6. The van der Waals surface area contributed by atoms with Crippen LogP contribution in [0.2, 0.25) is 0 Å². The molecule has 0 unspecified atom stereocenters. The molecule has 0 atom stereocenters. The van der Waals surface area contributed by atoms with E-state index >= 15 is 0 Å². The van der Waals surface area contributed by atoms with Crippen LogP contribution in [0.1, 0.15) is 19.0 Å². The molecule has 1 fully saturated rings. The summed E-state index contributed by atoms with van der Waals surface area (Å²) in [5.74, 6) is -0.135. The maximum Gasteiger partial charge on any atom is 0.311 e. The number of halogens is 1. The molecule has 0 spiro atoms. The molecule has 3 aromatic rings. The van der Waals surface area contributed by atoms with Crippen molar-refractivity contribution < 1.29 is 14.1 Å². The van der Waals surface area contributed by atoms with E-state index in [0.717, 1.165) is 38.3 Å². The normalized spacial score (nSPS) is 15.3. The summed E-state index contributed by atoms with van der Waals surface area (Å²) in [5.41, 5.74) is 2.53. The fourth-order valence-electron chi connectivity index (χ4n) is 3.81. The maximum absolute atomic E-state index is 14.0. The molecule has 1 aliphatic heterocycles. The number of rotatable bonds is 6. The third kappa shape index (κ3) is 4.12. The van der Waals surface area contributed by atoms with Crippen molar-refractivity contribution in [2.75, 3.05) is 32.8 Å². The lowest BCUT2D eigenvalue weighted by Gasteiger charge is -2.20. The van der Waals surface area contributed by atoms with Crippen LogP contribution < -0.4 is 10.1 Å². The van der Waals surface area contributed by atoms with Gasteiger partial charge in [0.15, 0.2) is 5.75 Å². The van der Waals surface area contributed by atoms with Crippen LogP contribution in [-0.4, -0.2) is 52.0 Å². The smallest absolute Gasteiger partial charge is 0.311 e. The molecule has 4 rings (SSSR count). The standard InChI is InChI=1S/C21H24FN5O3/c1-2-30-19-6-4-15(12-17(19)27(28)29)21-18(14-25-10-3-8-23-9-11-25)26-13-16(22)5-7-20(26)24-21/h4-7,12-13,23H,2-3,8-11,14H2,1H3. The van der Waals surface area contributed by atoms with Gasteiger partial charge in [-0.25, -0.2) is 9.37 Å². The van der Waals surface area contributed by atoms with E-state index in [9.17, 15) is 14.5 Å². The molecule has 9 heteroatoms. The molecule has 3 heterocycles. The summed E-state index contributed by atoms with van der Waals surface area (Å²) < 4.78 is 21.1. The molecule has 0 saturated carbocycles. The number of benzene rings is 1. The monoisotopic (exact) mass is 413 g/mol. The van der Waals surface area contributed by atoms with Gasteiger partial charge in [0.05, 0.1) is 22.9 Å². The highest BCUT2D eigenvalue weighted by molar-refractivity contribution is 5.71. The van der Waals surface area contributed by atoms with Crippen molar-refractivity contribution in [3.63, 3.8) is 0 Å². The second kappa shape index (κ2) is 8.76. The van der Waals surface area contributed by atoms with Crippen molar-refractivity contribution in [3.8, 4) is 17.0 Å². The predicted octanol–water partition coefficient (Wildman–Crippen LogP) is 3.24. The highest BCUT2D eigenvalue weighted by Gasteiger charge is 2.22. The van der Waals surface area contributed by atoms with E-state index in [1.165, 1.54) is 18.3 Å². The number of hydrogen-bond donors (Lipinski definition) is 1. The number of ether oxygens (including phenoxy) is 1. The average molecular weight is 413 g/mol. The SMILES string of the molecule is CCOc1ccc(-c2nc3ccc(F)cn3c2CN2CCCNCC2)cc1[N+](=O)[O-]. The third-order valence-electron chi connectivity index (χ3n) is 5.22. The van der Waals surface area contributed by atoms with E-state index in [2.05, 4.69) is 15.2 Å². The fraction of sp³-hybridized carbons (Fsp3) is 0.381. The summed E-state index contributed by atoms with van der Waals surface area (Å²) in [6.45, 7) is 6.32. The lowest BCUT2D eigenvalue weighted by Crippen LogP contribution is -2.28. The van der Waals surface area contributed by atoms with Crippen LogP contribution in [0.15, 0.2) is 36.5 Å². The number of fused-ring (bicyclic) bond motifs is 1. The van der Waals surface area contributed by atoms with Crippen molar-refractivity contribution in [1.29, 1.82) is 0 Å². The van der Waals surface area contributed by atoms with Gasteiger partial charge in [-0.2, -0.15) is 0 Å². The van der Waals surface area contributed by atoms with Crippen molar-refractivity contribution >= 4 is 11.3 Å². The van der Waals surface area contributed by atoms with Crippen LogP contribution in [0, 0.1) is 15.9 Å². The van der Waals surface area contributed by atoms with Crippen LogP contribution in [0.5, 0.6) is 5.75 Å². The van der Waals surface area contributed by atoms with E-state index in [1.54, 1.807) is 29.5 Å².